The number of nitrogen functional groups attached to an aromatic ring is 1. The highest BCUT2D eigenvalue weighted by atomic mass is 32.2. The summed E-state index contributed by atoms with van der Waals surface area (Å²) in [5.41, 5.74) is 8.84. The maximum atomic E-state index is 12.9. The molecular weight excluding hydrogens is 496 g/mol. The summed E-state index contributed by atoms with van der Waals surface area (Å²) >= 11 is 0. The number of carbonyl (C=O) groups excluding carboxylic acids is 1. The molecule has 0 unspecified atom stereocenters. The number of sulfone groups is 1. The summed E-state index contributed by atoms with van der Waals surface area (Å²) in [6.45, 7) is 2.00. The van der Waals surface area contributed by atoms with E-state index in [9.17, 15) is 13.2 Å². The summed E-state index contributed by atoms with van der Waals surface area (Å²) in [5, 5.41) is 27.7. The highest BCUT2D eigenvalue weighted by molar-refractivity contribution is 7.90. The Morgan fingerprint density at radius 1 is 0.973 bits per heavy atom. The van der Waals surface area contributed by atoms with E-state index in [2.05, 4.69) is 10.6 Å². The number of rotatable bonds is 9. The van der Waals surface area contributed by atoms with Crippen molar-refractivity contribution in [2.45, 2.75) is 30.7 Å². The Balaban J connectivity index is 0.00000112. The second-order valence-corrected chi connectivity index (χ2v) is 10.1. The highest BCUT2D eigenvalue weighted by Crippen LogP contribution is 2.28. The van der Waals surface area contributed by atoms with Gasteiger partial charge in [0.1, 0.15) is 11.9 Å². The van der Waals surface area contributed by atoms with Crippen LogP contribution in [0.1, 0.15) is 25.3 Å². The molecule has 0 bridgehead atoms. The fourth-order valence-electron chi connectivity index (χ4n) is 3.53. The first-order valence-electron chi connectivity index (χ1n) is 11.3. The Hall–Kier alpha value is -4.38. The third-order valence-corrected chi connectivity index (χ3v) is 6.31. The zero-order valence-corrected chi connectivity index (χ0v) is 21.2. The number of nitrogens with one attached hydrogen (secondary N) is 3. The van der Waals surface area contributed by atoms with E-state index >= 15 is 0 Å². The van der Waals surface area contributed by atoms with Crippen LogP contribution in [0, 0.1) is 5.41 Å². The molecule has 0 aromatic heterocycles. The van der Waals surface area contributed by atoms with E-state index in [1.807, 2.05) is 13.0 Å². The van der Waals surface area contributed by atoms with Crippen LogP contribution < -0.4 is 16.4 Å². The van der Waals surface area contributed by atoms with Gasteiger partial charge in [-0.1, -0.05) is 55.8 Å². The monoisotopic (exact) mass is 526 g/mol. The van der Waals surface area contributed by atoms with Crippen LogP contribution in [0.3, 0.4) is 0 Å². The van der Waals surface area contributed by atoms with Gasteiger partial charge in [-0.3, -0.25) is 10.2 Å². The molecule has 0 saturated heterocycles. The minimum Gasteiger partial charge on any atom is -0.450 e. The molecule has 0 spiro atoms. The summed E-state index contributed by atoms with van der Waals surface area (Å²) in [6.07, 6.45) is 0.780. The van der Waals surface area contributed by atoms with Crippen LogP contribution in [-0.4, -0.2) is 48.8 Å². The quantitative estimate of drug-likeness (QED) is 0.174. The van der Waals surface area contributed by atoms with Crippen LogP contribution in [0.4, 0.5) is 16.2 Å². The van der Waals surface area contributed by atoms with Gasteiger partial charge in [-0.25, -0.2) is 13.2 Å². The fraction of sp³-hybridized carbons (Fsp3) is 0.192. The number of anilines is 2. The van der Waals surface area contributed by atoms with Crippen molar-refractivity contribution in [2.75, 3.05) is 16.9 Å². The van der Waals surface area contributed by atoms with Crippen molar-refractivity contribution in [1.29, 1.82) is 5.41 Å². The number of benzene rings is 3. The minimum absolute atomic E-state index is 0.0346. The van der Waals surface area contributed by atoms with E-state index in [-0.39, 0.29) is 16.6 Å². The number of amides is 1. The first kappa shape index (κ1) is 28.9. The number of nitrogens with two attached hydrogens (primary N) is 1. The van der Waals surface area contributed by atoms with Crippen molar-refractivity contribution in [3.05, 3.63) is 78.4 Å². The summed E-state index contributed by atoms with van der Waals surface area (Å²) in [5.74, 6) is -0.220. The van der Waals surface area contributed by atoms with Crippen LogP contribution in [0.5, 0.6) is 0 Å². The minimum atomic E-state index is -3.37. The summed E-state index contributed by atoms with van der Waals surface area (Å²) in [4.78, 5) is 21.8. The molecule has 0 aliphatic rings. The zero-order valence-electron chi connectivity index (χ0n) is 20.4. The SMILES string of the molecule is CCC[C@H](Nc1cccc(C(=N)N)c1)C(=O)Nc1ccc(-c2ccccc2S(C)(=O)=O)cc1.O=C(O)O. The Bertz CT molecular complexity index is 1350. The van der Waals surface area contributed by atoms with E-state index in [0.29, 0.717) is 28.9 Å². The number of carbonyl (C=O) groups is 2. The van der Waals surface area contributed by atoms with Crippen molar-refractivity contribution < 1.29 is 28.2 Å². The van der Waals surface area contributed by atoms with Gasteiger partial charge in [0, 0.05) is 28.8 Å². The average molecular weight is 527 g/mol. The van der Waals surface area contributed by atoms with Gasteiger partial charge in [-0.05, 0) is 42.3 Å². The standard InChI is InChI=1S/C25H28N4O3S.CH2O3/c1-3-7-22(28-20-9-6-8-18(16-20)24(26)27)25(30)29-19-14-12-17(13-15-19)21-10-4-5-11-23(21)33(2,31)32;2-1(3)4/h4-6,8-16,22,28H,3,7H2,1-2H3,(H3,26,27)(H,29,30);(H2,2,3,4)/t22-;/m0./s1. The Kier molecular flexibility index (Phi) is 10.2. The Morgan fingerprint density at radius 2 is 1.59 bits per heavy atom. The molecule has 0 heterocycles. The molecule has 0 aliphatic carbocycles. The predicted octanol–water partition coefficient (Wildman–Crippen LogP) is 4.48. The molecule has 196 valence electrons. The molecule has 3 aromatic rings. The van der Waals surface area contributed by atoms with Crippen molar-refractivity contribution in [3.63, 3.8) is 0 Å². The average Bonchev–Trinajstić information content (AvgIpc) is 2.83. The van der Waals surface area contributed by atoms with Crippen molar-refractivity contribution in [3.8, 4) is 11.1 Å². The van der Waals surface area contributed by atoms with Gasteiger partial charge >= 0.3 is 6.16 Å². The smallest absolute Gasteiger partial charge is 0.450 e. The van der Waals surface area contributed by atoms with Crippen LogP contribution in [-0.2, 0) is 14.6 Å². The van der Waals surface area contributed by atoms with Gasteiger partial charge in [0.05, 0.1) is 4.90 Å². The summed E-state index contributed by atoms with van der Waals surface area (Å²) in [6, 6.07) is 20.6. The van der Waals surface area contributed by atoms with Gasteiger partial charge in [0.2, 0.25) is 5.91 Å². The van der Waals surface area contributed by atoms with Gasteiger partial charge in [-0.15, -0.1) is 0 Å². The molecule has 0 radical (unpaired) electrons. The molecule has 0 saturated carbocycles. The third kappa shape index (κ3) is 8.97. The molecule has 37 heavy (non-hydrogen) atoms. The van der Waals surface area contributed by atoms with Crippen LogP contribution >= 0.6 is 0 Å². The van der Waals surface area contributed by atoms with Crippen LogP contribution in [0.2, 0.25) is 0 Å². The van der Waals surface area contributed by atoms with Gasteiger partial charge < -0.3 is 26.6 Å². The molecule has 3 rings (SSSR count). The van der Waals surface area contributed by atoms with Crippen LogP contribution in [0.15, 0.2) is 77.7 Å². The molecule has 0 fully saturated rings. The Morgan fingerprint density at radius 3 is 2.16 bits per heavy atom. The lowest BCUT2D eigenvalue weighted by atomic mass is 10.1. The molecular formula is C26H30N4O6S. The number of hydrogen-bond acceptors (Lipinski definition) is 6. The third-order valence-electron chi connectivity index (χ3n) is 5.16. The zero-order chi connectivity index (χ0) is 27.6. The molecule has 1 atom stereocenters. The van der Waals surface area contributed by atoms with Crippen LogP contribution in [0.25, 0.3) is 11.1 Å². The first-order chi connectivity index (χ1) is 17.4. The van der Waals surface area contributed by atoms with Gasteiger partial charge in [0.25, 0.3) is 0 Å². The Labute approximate surface area is 215 Å². The molecule has 7 N–H and O–H groups in total. The van der Waals surface area contributed by atoms with Crippen molar-refractivity contribution >= 4 is 39.1 Å². The normalized spacial score (nSPS) is 11.4. The van der Waals surface area contributed by atoms with Crippen molar-refractivity contribution in [2.24, 2.45) is 5.73 Å². The lowest BCUT2D eigenvalue weighted by Gasteiger charge is -2.19. The van der Waals surface area contributed by atoms with E-state index in [1.54, 1.807) is 66.7 Å². The van der Waals surface area contributed by atoms with E-state index in [1.165, 1.54) is 6.26 Å². The molecule has 1 amide bonds. The predicted molar refractivity (Wildman–Crippen MR) is 144 cm³/mol. The lowest BCUT2D eigenvalue weighted by Crippen LogP contribution is -2.34. The largest absolute Gasteiger partial charge is 0.503 e. The number of amidine groups is 1. The lowest BCUT2D eigenvalue weighted by molar-refractivity contribution is -0.117. The maximum absolute atomic E-state index is 12.9. The van der Waals surface area contributed by atoms with Gasteiger partial charge in [0.15, 0.2) is 9.84 Å². The summed E-state index contributed by atoms with van der Waals surface area (Å²) in [7, 11) is -3.37. The number of carboxylic acid groups (broad SMARTS) is 2. The van der Waals surface area contributed by atoms with E-state index in [4.69, 9.17) is 26.2 Å². The summed E-state index contributed by atoms with van der Waals surface area (Å²) < 4.78 is 24.2. The fourth-order valence-corrected chi connectivity index (χ4v) is 4.44. The number of hydrogen-bond donors (Lipinski definition) is 6. The molecule has 3 aromatic carbocycles. The second-order valence-electron chi connectivity index (χ2n) is 8.10. The van der Waals surface area contributed by atoms with E-state index < -0.39 is 22.0 Å². The first-order valence-corrected chi connectivity index (χ1v) is 13.1. The highest BCUT2D eigenvalue weighted by Gasteiger charge is 2.18. The maximum Gasteiger partial charge on any atom is 0.503 e. The topological polar surface area (TPSA) is 183 Å². The van der Waals surface area contributed by atoms with E-state index in [0.717, 1.165) is 12.0 Å². The molecule has 10 nitrogen and oxygen atoms in total. The molecule has 0 aliphatic heterocycles. The van der Waals surface area contributed by atoms with Gasteiger partial charge in [-0.2, -0.15) is 0 Å². The second kappa shape index (κ2) is 13.1. The molecule has 11 heteroatoms. The van der Waals surface area contributed by atoms with Crippen molar-refractivity contribution in [1.82, 2.24) is 0 Å².